The van der Waals surface area contributed by atoms with Crippen LogP contribution >= 0.6 is 0 Å². The molecule has 160 valence electrons. The number of morpholine rings is 1. The topological polar surface area (TPSA) is 105 Å². The van der Waals surface area contributed by atoms with Gasteiger partial charge in [-0.05, 0) is 39.0 Å². The van der Waals surface area contributed by atoms with Gasteiger partial charge in [0.2, 0.25) is 5.95 Å². The lowest BCUT2D eigenvalue weighted by Crippen LogP contribution is -2.46. The molecule has 0 spiro atoms. The van der Waals surface area contributed by atoms with E-state index in [1.807, 2.05) is 32.9 Å². The van der Waals surface area contributed by atoms with Gasteiger partial charge in [0.25, 0.3) is 5.91 Å². The molecule has 0 aliphatic carbocycles. The molecule has 2 N–H and O–H groups in total. The van der Waals surface area contributed by atoms with Crippen molar-refractivity contribution in [2.75, 3.05) is 28.6 Å². The maximum absolute atomic E-state index is 12.8. The molecule has 4 rings (SSSR count). The zero-order chi connectivity index (χ0) is 21.8. The normalized spacial score (nSPS) is 18.5. The maximum atomic E-state index is 12.8. The van der Waals surface area contributed by atoms with E-state index in [0.717, 1.165) is 24.5 Å². The molecule has 1 amide bonds. The second-order valence-electron chi connectivity index (χ2n) is 7.62. The lowest BCUT2D eigenvalue weighted by Gasteiger charge is -2.35. The Bertz CT molecular complexity index is 1030. The van der Waals surface area contributed by atoms with Crippen molar-refractivity contribution in [3.8, 4) is 0 Å². The van der Waals surface area contributed by atoms with Crippen LogP contribution in [0.2, 0.25) is 0 Å². The molecule has 2 atom stereocenters. The van der Waals surface area contributed by atoms with Crippen molar-refractivity contribution in [3.05, 3.63) is 60.4 Å². The number of pyridine rings is 2. The molecule has 1 aliphatic rings. The Morgan fingerprint density at radius 2 is 1.74 bits per heavy atom. The molecule has 9 nitrogen and oxygen atoms in total. The smallest absolute Gasteiger partial charge is 0.258 e. The fourth-order valence-corrected chi connectivity index (χ4v) is 3.44. The molecule has 2 unspecified atom stereocenters. The molecule has 4 heterocycles. The van der Waals surface area contributed by atoms with Gasteiger partial charge in [-0.15, -0.1) is 0 Å². The van der Waals surface area contributed by atoms with Crippen LogP contribution in [-0.4, -0.2) is 51.1 Å². The summed E-state index contributed by atoms with van der Waals surface area (Å²) in [5.41, 5.74) is 3.36. The van der Waals surface area contributed by atoms with Gasteiger partial charge in [-0.1, -0.05) is 0 Å². The first kappa shape index (κ1) is 20.7. The maximum Gasteiger partial charge on any atom is 0.258 e. The fraction of sp³-hybridized carbons (Fsp3) is 0.318. The molecule has 1 aliphatic heterocycles. The quantitative estimate of drug-likeness (QED) is 0.650. The summed E-state index contributed by atoms with van der Waals surface area (Å²) >= 11 is 0. The number of carbonyl (C=O) groups is 1. The van der Waals surface area contributed by atoms with Crippen LogP contribution in [0.15, 0.2) is 49.2 Å². The lowest BCUT2D eigenvalue weighted by molar-refractivity contribution is -0.00572. The van der Waals surface area contributed by atoms with Gasteiger partial charge >= 0.3 is 0 Å². The van der Waals surface area contributed by atoms with Gasteiger partial charge in [0.15, 0.2) is 0 Å². The second-order valence-corrected chi connectivity index (χ2v) is 7.62. The molecule has 9 heteroatoms. The van der Waals surface area contributed by atoms with E-state index < -0.39 is 0 Å². The largest absolute Gasteiger partial charge is 0.372 e. The molecule has 0 aromatic carbocycles. The highest BCUT2D eigenvalue weighted by Crippen LogP contribution is 2.24. The average molecular weight is 419 g/mol. The minimum atomic E-state index is -0.299. The van der Waals surface area contributed by atoms with Crippen LogP contribution in [0.5, 0.6) is 0 Å². The van der Waals surface area contributed by atoms with E-state index in [-0.39, 0.29) is 18.1 Å². The average Bonchev–Trinajstić information content (AvgIpc) is 2.76. The van der Waals surface area contributed by atoms with Crippen LogP contribution in [0.4, 0.5) is 23.0 Å². The fourth-order valence-electron chi connectivity index (χ4n) is 3.44. The van der Waals surface area contributed by atoms with Crippen molar-refractivity contribution in [1.29, 1.82) is 0 Å². The van der Waals surface area contributed by atoms with Crippen molar-refractivity contribution in [2.45, 2.75) is 33.0 Å². The summed E-state index contributed by atoms with van der Waals surface area (Å²) in [5, 5.41) is 6.12. The van der Waals surface area contributed by atoms with Gasteiger partial charge < -0.3 is 20.3 Å². The van der Waals surface area contributed by atoms with Gasteiger partial charge in [-0.25, -0.2) is 9.97 Å². The predicted octanol–water partition coefficient (Wildman–Crippen LogP) is 3.18. The molecule has 31 heavy (non-hydrogen) atoms. The highest BCUT2D eigenvalue weighted by atomic mass is 16.5. The number of aromatic nitrogens is 4. The predicted molar refractivity (Wildman–Crippen MR) is 119 cm³/mol. The number of amides is 1. The summed E-state index contributed by atoms with van der Waals surface area (Å²) < 4.78 is 5.75. The third kappa shape index (κ3) is 5.13. The summed E-state index contributed by atoms with van der Waals surface area (Å²) in [6.45, 7) is 7.41. The van der Waals surface area contributed by atoms with Crippen LogP contribution in [0.25, 0.3) is 0 Å². The van der Waals surface area contributed by atoms with Crippen LogP contribution in [0.3, 0.4) is 0 Å². The van der Waals surface area contributed by atoms with Gasteiger partial charge in [0.1, 0.15) is 0 Å². The first-order chi connectivity index (χ1) is 15.0. The van der Waals surface area contributed by atoms with Crippen molar-refractivity contribution >= 4 is 28.9 Å². The summed E-state index contributed by atoms with van der Waals surface area (Å²) in [7, 11) is 0. The van der Waals surface area contributed by atoms with Gasteiger partial charge in [-0.3, -0.25) is 14.8 Å². The van der Waals surface area contributed by atoms with E-state index in [1.165, 1.54) is 0 Å². The number of anilines is 4. The summed E-state index contributed by atoms with van der Waals surface area (Å²) in [6.07, 6.45) is 8.30. The number of carbonyl (C=O) groups excluding carboxylic acids is 1. The monoisotopic (exact) mass is 419 g/mol. The Morgan fingerprint density at radius 3 is 2.42 bits per heavy atom. The minimum absolute atomic E-state index is 0.108. The third-order valence-electron chi connectivity index (χ3n) is 4.86. The van der Waals surface area contributed by atoms with Crippen LogP contribution in [0, 0.1) is 6.92 Å². The summed E-state index contributed by atoms with van der Waals surface area (Å²) in [4.78, 5) is 32.0. The molecule has 0 bridgehead atoms. The Morgan fingerprint density at radius 1 is 1.00 bits per heavy atom. The van der Waals surface area contributed by atoms with Crippen molar-refractivity contribution in [3.63, 3.8) is 0 Å². The third-order valence-corrected chi connectivity index (χ3v) is 4.86. The molecule has 1 fully saturated rings. The Balaban J connectivity index is 1.45. The molecule has 1 saturated heterocycles. The zero-order valence-corrected chi connectivity index (χ0v) is 17.7. The molecule has 3 aromatic heterocycles. The molecular weight excluding hydrogens is 394 g/mol. The van der Waals surface area contributed by atoms with Crippen LogP contribution < -0.4 is 15.5 Å². The zero-order valence-electron chi connectivity index (χ0n) is 17.7. The van der Waals surface area contributed by atoms with Crippen LogP contribution in [-0.2, 0) is 4.74 Å². The standard InChI is InChI=1S/C22H25N7O2/c1-14-4-5-18(10-24-14)27-20-11-23-7-6-19(20)28-21(30)17-8-25-22(26-9-17)29-12-15(2)31-16(3)13-29/h4-11,15-16,27H,12-13H2,1-3H3,(H,23,28,30). The number of ether oxygens (including phenoxy) is 1. The van der Waals surface area contributed by atoms with E-state index in [9.17, 15) is 4.79 Å². The number of aryl methyl sites for hydroxylation is 1. The molecule has 0 saturated carbocycles. The van der Waals surface area contributed by atoms with E-state index in [0.29, 0.717) is 22.9 Å². The van der Waals surface area contributed by atoms with Gasteiger partial charge in [0, 0.05) is 37.4 Å². The highest BCUT2D eigenvalue weighted by Gasteiger charge is 2.24. The van der Waals surface area contributed by atoms with Gasteiger partial charge in [-0.2, -0.15) is 0 Å². The lowest BCUT2D eigenvalue weighted by atomic mass is 10.2. The number of hydrogen-bond donors (Lipinski definition) is 2. The Kier molecular flexibility index (Phi) is 6.03. The van der Waals surface area contributed by atoms with Crippen LogP contribution in [0.1, 0.15) is 29.9 Å². The Labute approximate surface area is 180 Å². The number of hydrogen-bond acceptors (Lipinski definition) is 8. The number of nitrogens with zero attached hydrogens (tertiary/aromatic N) is 5. The van der Waals surface area contributed by atoms with E-state index >= 15 is 0 Å². The van der Waals surface area contributed by atoms with E-state index in [2.05, 4.69) is 35.5 Å². The summed E-state index contributed by atoms with van der Waals surface area (Å²) in [6, 6.07) is 5.56. The second kappa shape index (κ2) is 9.05. The molecule has 0 radical (unpaired) electrons. The Hall–Kier alpha value is -3.59. The molecular formula is C22H25N7O2. The minimum Gasteiger partial charge on any atom is -0.372 e. The van der Waals surface area contributed by atoms with Crippen molar-refractivity contribution in [2.24, 2.45) is 0 Å². The highest BCUT2D eigenvalue weighted by molar-refractivity contribution is 6.05. The SMILES string of the molecule is Cc1ccc(Nc2cnccc2NC(=O)c2cnc(N3CC(C)OC(C)C3)nc2)cn1. The summed E-state index contributed by atoms with van der Waals surface area (Å²) in [5.74, 6) is 0.295. The first-order valence-electron chi connectivity index (χ1n) is 10.2. The van der Waals surface area contributed by atoms with Crippen molar-refractivity contribution < 1.29 is 9.53 Å². The molecule has 3 aromatic rings. The number of rotatable bonds is 5. The van der Waals surface area contributed by atoms with E-state index in [1.54, 1.807) is 37.1 Å². The number of nitrogens with one attached hydrogen (secondary N) is 2. The van der Waals surface area contributed by atoms with E-state index in [4.69, 9.17) is 4.74 Å². The van der Waals surface area contributed by atoms with Gasteiger partial charge in [0.05, 0.1) is 47.2 Å². The van der Waals surface area contributed by atoms with Crippen molar-refractivity contribution in [1.82, 2.24) is 19.9 Å². The first-order valence-corrected chi connectivity index (χ1v) is 10.2.